The molecule has 3 aromatic rings. The summed E-state index contributed by atoms with van der Waals surface area (Å²) in [7, 11) is 0. The zero-order valence-electron chi connectivity index (χ0n) is 20.1. The third-order valence-corrected chi connectivity index (χ3v) is 6.10. The first-order valence-corrected chi connectivity index (χ1v) is 11.8. The van der Waals surface area contributed by atoms with Gasteiger partial charge in [0.1, 0.15) is 17.2 Å². The number of carbonyl (C=O) groups excluding carboxylic acids is 2. The van der Waals surface area contributed by atoms with Gasteiger partial charge in [-0.3, -0.25) is 9.59 Å². The van der Waals surface area contributed by atoms with Crippen LogP contribution < -0.4 is 15.5 Å². The average Bonchev–Trinajstić information content (AvgIpc) is 3.50. The van der Waals surface area contributed by atoms with Gasteiger partial charge in [0, 0.05) is 37.0 Å². The highest BCUT2D eigenvalue weighted by molar-refractivity contribution is 6.11. The quantitative estimate of drug-likeness (QED) is 0.394. The molecule has 0 aliphatic carbocycles. The van der Waals surface area contributed by atoms with Crippen molar-refractivity contribution < 1.29 is 24.3 Å². The maximum Gasteiger partial charge on any atom is 0.275 e. The third-order valence-electron chi connectivity index (χ3n) is 6.10. The van der Waals surface area contributed by atoms with E-state index in [1.807, 2.05) is 26.0 Å². The molecule has 0 saturated carbocycles. The SMILES string of the molecule is CCNC(=O)c1noc(-c2cc(C(C)C)c(O)cc2O)c1NC(=O)c1ccc(N2CCCC2)cc1. The second kappa shape index (κ2) is 10.1. The van der Waals surface area contributed by atoms with Gasteiger partial charge < -0.3 is 30.3 Å². The van der Waals surface area contributed by atoms with E-state index in [1.54, 1.807) is 25.1 Å². The summed E-state index contributed by atoms with van der Waals surface area (Å²) in [6.07, 6.45) is 2.31. The molecule has 0 unspecified atom stereocenters. The van der Waals surface area contributed by atoms with Gasteiger partial charge in [-0.15, -0.1) is 0 Å². The van der Waals surface area contributed by atoms with Gasteiger partial charge >= 0.3 is 0 Å². The first-order chi connectivity index (χ1) is 16.8. The second-order valence-corrected chi connectivity index (χ2v) is 8.87. The number of carbonyl (C=O) groups is 2. The fraction of sp³-hybridized carbons (Fsp3) is 0.346. The van der Waals surface area contributed by atoms with E-state index in [-0.39, 0.29) is 40.1 Å². The number of rotatable bonds is 7. The normalized spacial score (nSPS) is 13.3. The highest BCUT2D eigenvalue weighted by Crippen LogP contribution is 2.41. The lowest BCUT2D eigenvalue weighted by atomic mass is 9.97. The molecule has 9 nitrogen and oxygen atoms in total. The third kappa shape index (κ3) is 4.94. The summed E-state index contributed by atoms with van der Waals surface area (Å²) in [6, 6.07) is 10.0. The fourth-order valence-corrected chi connectivity index (χ4v) is 4.21. The number of anilines is 2. The zero-order valence-corrected chi connectivity index (χ0v) is 20.1. The summed E-state index contributed by atoms with van der Waals surface area (Å²) in [6.45, 7) is 7.91. The minimum absolute atomic E-state index is 0.0210. The summed E-state index contributed by atoms with van der Waals surface area (Å²) in [5.41, 5.74) is 2.17. The Bertz CT molecular complexity index is 1230. The largest absolute Gasteiger partial charge is 0.508 e. The Kier molecular flexibility index (Phi) is 6.95. The van der Waals surface area contributed by atoms with Crippen molar-refractivity contribution in [2.75, 3.05) is 29.9 Å². The van der Waals surface area contributed by atoms with Crippen molar-refractivity contribution in [2.45, 2.75) is 39.5 Å². The summed E-state index contributed by atoms with van der Waals surface area (Å²) >= 11 is 0. The van der Waals surface area contributed by atoms with Gasteiger partial charge in [0.25, 0.3) is 11.8 Å². The van der Waals surface area contributed by atoms with E-state index >= 15 is 0 Å². The fourth-order valence-electron chi connectivity index (χ4n) is 4.21. The van der Waals surface area contributed by atoms with Gasteiger partial charge in [-0.2, -0.15) is 0 Å². The lowest BCUT2D eigenvalue weighted by Gasteiger charge is -2.17. The minimum Gasteiger partial charge on any atom is -0.508 e. The van der Waals surface area contributed by atoms with Crippen LogP contribution in [-0.4, -0.2) is 46.8 Å². The Morgan fingerprint density at radius 1 is 1.06 bits per heavy atom. The molecular formula is C26H30N4O5. The molecule has 1 aromatic heterocycles. The summed E-state index contributed by atoms with van der Waals surface area (Å²) < 4.78 is 5.45. The highest BCUT2D eigenvalue weighted by Gasteiger charge is 2.27. The van der Waals surface area contributed by atoms with Crippen molar-refractivity contribution in [1.82, 2.24) is 10.5 Å². The van der Waals surface area contributed by atoms with Crippen LogP contribution in [-0.2, 0) is 0 Å². The van der Waals surface area contributed by atoms with E-state index in [1.165, 1.54) is 6.07 Å². The molecule has 0 atom stereocenters. The minimum atomic E-state index is -0.524. The van der Waals surface area contributed by atoms with E-state index in [4.69, 9.17) is 4.52 Å². The van der Waals surface area contributed by atoms with Crippen molar-refractivity contribution >= 4 is 23.2 Å². The summed E-state index contributed by atoms with van der Waals surface area (Å²) in [4.78, 5) is 28.1. The molecule has 0 bridgehead atoms. The van der Waals surface area contributed by atoms with Gasteiger partial charge in [0.2, 0.25) is 0 Å². The van der Waals surface area contributed by atoms with E-state index in [2.05, 4.69) is 20.7 Å². The zero-order chi connectivity index (χ0) is 25.1. The molecule has 1 aliphatic heterocycles. The van der Waals surface area contributed by atoms with Crippen LogP contribution in [0.25, 0.3) is 11.3 Å². The number of aromatic hydroxyl groups is 2. The topological polar surface area (TPSA) is 128 Å². The van der Waals surface area contributed by atoms with Crippen LogP contribution in [0, 0.1) is 0 Å². The van der Waals surface area contributed by atoms with E-state index in [9.17, 15) is 19.8 Å². The maximum atomic E-state index is 13.1. The molecule has 9 heteroatoms. The second-order valence-electron chi connectivity index (χ2n) is 8.87. The molecule has 4 N–H and O–H groups in total. The number of hydrogen-bond acceptors (Lipinski definition) is 7. The number of nitrogens with one attached hydrogen (secondary N) is 2. The first-order valence-electron chi connectivity index (χ1n) is 11.8. The van der Waals surface area contributed by atoms with Crippen LogP contribution in [0.1, 0.15) is 65.9 Å². The van der Waals surface area contributed by atoms with Gasteiger partial charge in [-0.1, -0.05) is 19.0 Å². The Labute approximate surface area is 203 Å². The number of aromatic nitrogens is 1. The van der Waals surface area contributed by atoms with E-state index in [0.29, 0.717) is 17.7 Å². The molecule has 2 amide bonds. The van der Waals surface area contributed by atoms with Crippen LogP contribution in [0.2, 0.25) is 0 Å². The molecule has 2 heterocycles. The van der Waals surface area contributed by atoms with Gasteiger partial charge in [0.15, 0.2) is 11.5 Å². The number of benzene rings is 2. The van der Waals surface area contributed by atoms with E-state index in [0.717, 1.165) is 31.6 Å². The van der Waals surface area contributed by atoms with Crippen molar-refractivity contribution in [3.8, 4) is 22.8 Å². The predicted octanol–water partition coefficient (Wildman–Crippen LogP) is 4.48. The lowest BCUT2D eigenvalue weighted by molar-refractivity contribution is 0.0947. The number of phenols is 2. The molecule has 35 heavy (non-hydrogen) atoms. The lowest BCUT2D eigenvalue weighted by Crippen LogP contribution is -2.25. The van der Waals surface area contributed by atoms with Crippen molar-refractivity contribution in [3.63, 3.8) is 0 Å². The standard InChI is InChI=1S/C26H30N4O5/c1-4-27-26(34)23-22(24(35-29-23)19-13-18(15(2)3)20(31)14-21(19)32)28-25(33)16-7-9-17(10-8-16)30-11-5-6-12-30/h7-10,13-15,31-32H,4-6,11-12H2,1-3H3,(H,27,34)(H,28,33). The predicted molar refractivity (Wildman–Crippen MR) is 133 cm³/mol. The first kappa shape index (κ1) is 24.1. The Hall–Kier alpha value is -4.01. The molecule has 1 fully saturated rings. The monoisotopic (exact) mass is 478 g/mol. The van der Waals surface area contributed by atoms with Crippen molar-refractivity contribution in [2.24, 2.45) is 0 Å². The van der Waals surface area contributed by atoms with Crippen LogP contribution >= 0.6 is 0 Å². The maximum absolute atomic E-state index is 13.1. The number of amides is 2. The molecule has 4 rings (SSSR count). The molecule has 2 aromatic carbocycles. The van der Waals surface area contributed by atoms with Crippen LogP contribution in [0.3, 0.4) is 0 Å². The Morgan fingerprint density at radius 3 is 2.37 bits per heavy atom. The highest BCUT2D eigenvalue weighted by atomic mass is 16.5. The number of nitrogens with zero attached hydrogens (tertiary/aromatic N) is 2. The van der Waals surface area contributed by atoms with E-state index < -0.39 is 11.8 Å². The Balaban J connectivity index is 1.70. The number of hydrogen-bond donors (Lipinski definition) is 4. The Morgan fingerprint density at radius 2 is 1.74 bits per heavy atom. The van der Waals surface area contributed by atoms with Crippen molar-refractivity contribution in [3.05, 3.63) is 53.2 Å². The molecule has 184 valence electrons. The molecule has 1 aliphatic rings. The smallest absolute Gasteiger partial charge is 0.275 e. The van der Waals surface area contributed by atoms with Gasteiger partial charge in [0.05, 0.1) is 5.56 Å². The molecule has 0 spiro atoms. The summed E-state index contributed by atoms with van der Waals surface area (Å²) in [5.74, 6) is -1.33. The average molecular weight is 479 g/mol. The van der Waals surface area contributed by atoms with Crippen LogP contribution in [0.5, 0.6) is 11.5 Å². The number of phenolic OH excluding ortho intramolecular Hbond substituents is 2. The van der Waals surface area contributed by atoms with Crippen LogP contribution in [0.15, 0.2) is 40.9 Å². The molecule has 0 radical (unpaired) electrons. The van der Waals surface area contributed by atoms with Crippen LogP contribution in [0.4, 0.5) is 11.4 Å². The van der Waals surface area contributed by atoms with Gasteiger partial charge in [-0.05, 0) is 61.6 Å². The van der Waals surface area contributed by atoms with Gasteiger partial charge in [-0.25, -0.2) is 0 Å². The molecular weight excluding hydrogens is 448 g/mol. The van der Waals surface area contributed by atoms with Crippen molar-refractivity contribution in [1.29, 1.82) is 0 Å². The molecule has 1 saturated heterocycles. The summed E-state index contributed by atoms with van der Waals surface area (Å²) in [5, 5.41) is 30.0.